The van der Waals surface area contributed by atoms with Crippen LogP contribution in [0, 0.1) is 40.9 Å². The van der Waals surface area contributed by atoms with Crippen molar-refractivity contribution >= 4 is 5.91 Å². The fraction of sp³-hybridized carbons (Fsp3) is 0.875. The van der Waals surface area contributed by atoms with Crippen molar-refractivity contribution < 1.29 is 4.79 Å². The second-order valence-electron chi connectivity index (χ2n) is 6.93. The highest BCUT2D eigenvalue weighted by Crippen LogP contribution is 2.57. The molecule has 4 bridgehead atoms. The van der Waals surface area contributed by atoms with Crippen molar-refractivity contribution in [2.45, 2.75) is 57.9 Å². The van der Waals surface area contributed by atoms with E-state index < -0.39 is 0 Å². The first-order valence-corrected chi connectivity index (χ1v) is 7.90. The molecule has 1 N–H and O–H groups in total. The van der Waals surface area contributed by atoms with E-state index in [0.29, 0.717) is 24.2 Å². The van der Waals surface area contributed by atoms with Gasteiger partial charge >= 0.3 is 0 Å². The van der Waals surface area contributed by atoms with Gasteiger partial charge in [-0.15, -0.1) is 0 Å². The van der Waals surface area contributed by atoms with Crippen LogP contribution in [0.25, 0.3) is 0 Å². The zero-order valence-electron chi connectivity index (χ0n) is 11.8. The van der Waals surface area contributed by atoms with E-state index in [1.54, 1.807) is 0 Å². The number of nitriles is 1. The molecule has 4 saturated carbocycles. The molecule has 0 aromatic rings. The van der Waals surface area contributed by atoms with Crippen LogP contribution in [0.3, 0.4) is 0 Å². The maximum Gasteiger partial charge on any atom is 0.221 e. The third-order valence-corrected chi connectivity index (χ3v) is 5.62. The van der Waals surface area contributed by atoms with Crippen molar-refractivity contribution in [3.05, 3.63) is 0 Å². The normalized spacial score (nSPS) is 40.7. The monoisotopic (exact) mass is 260 g/mol. The summed E-state index contributed by atoms with van der Waals surface area (Å²) in [5.74, 6) is 3.72. The van der Waals surface area contributed by atoms with E-state index in [9.17, 15) is 10.1 Å². The van der Waals surface area contributed by atoms with Gasteiger partial charge in [-0.3, -0.25) is 4.79 Å². The quantitative estimate of drug-likeness (QED) is 0.845. The van der Waals surface area contributed by atoms with Crippen LogP contribution in [0.4, 0.5) is 0 Å². The molecule has 19 heavy (non-hydrogen) atoms. The highest BCUT2D eigenvalue weighted by molar-refractivity contribution is 5.76. The van der Waals surface area contributed by atoms with Gasteiger partial charge in [0, 0.05) is 6.42 Å². The Kier molecular flexibility index (Phi) is 3.52. The van der Waals surface area contributed by atoms with Crippen molar-refractivity contribution in [2.24, 2.45) is 29.6 Å². The molecule has 0 aromatic heterocycles. The summed E-state index contributed by atoms with van der Waals surface area (Å²) >= 11 is 0. The zero-order chi connectivity index (χ0) is 13.4. The third kappa shape index (κ3) is 2.38. The molecule has 4 aliphatic carbocycles. The number of nitrogens with zero attached hydrogens (tertiary/aromatic N) is 1. The Hall–Kier alpha value is -1.04. The number of carbonyl (C=O) groups is 1. The summed E-state index contributed by atoms with van der Waals surface area (Å²) in [6.07, 6.45) is 8.05. The first-order chi connectivity index (χ1) is 9.21. The topological polar surface area (TPSA) is 52.9 Å². The lowest BCUT2D eigenvalue weighted by Crippen LogP contribution is -2.53. The largest absolute Gasteiger partial charge is 0.340 e. The standard InChI is InChI=1S/C16H24N2O/c1-2-3-15(19)18-14(9-17)16-12-5-10-4-11(7-12)8-13(16)6-10/h10-14,16H,2-8H2,1H3,(H,18,19). The summed E-state index contributed by atoms with van der Waals surface area (Å²) in [5, 5.41) is 12.5. The first kappa shape index (κ1) is 13.0. The van der Waals surface area contributed by atoms with E-state index in [1.807, 2.05) is 6.92 Å². The van der Waals surface area contributed by atoms with E-state index in [4.69, 9.17) is 0 Å². The third-order valence-electron chi connectivity index (χ3n) is 5.62. The molecule has 104 valence electrons. The van der Waals surface area contributed by atoms with Crippen LogP contribution in [-0.2, 0) is 4.79 Å². The summed E-state index contributed by atoms with van der Waals surface area (Å²) in [4.78, 5) is 11.8. The molecule has 1 unspecified atom stereocenters. The Morgan fingerprint density at radius 2 is 1.79 bits per heavy atom. The van der Waals surface area contributed by atoms with Gasteiger partial charge in [-0.2, -0.15) is 5.26 Å². The minimum atomic E-state index is -0.242. The lowest BCUT2D eigenvalue weighted by Gasteiger charge is -2.55. The van der Waals surface area contributed by atoms with Crippen LogP contribution >= 0.6 is 0 Å². The van der Waals surface area contributed by atoms with Crippen LogP contribution in [0.2, 0.25) is 0 Å². The molecule has 0 aromatic carbocycles. The van der Waals surface area contributed by atoms with Gasteiger partial charge in [0.1, 0.15) is 6.04 Å². The van der Waals surface area contributed by atoms with Gasteiger partial charge in [-0.25, -0.2) is 0 Å². The molecule has 4 fully saturated rings. The number of nitrogens with one attached hydrogen (secondary N) is 1. The van der Waals surface area contributed by atoms with Gasteiger partial charge < -0.3 is 5.32 Å². The first-order valence-electron chi connectivity index (χ1n) is 7.90. The zero-order valence-corrected chi connectivity index (χ0v) is 11.8. The number of hydrogen-bond acceptors (Lipinski definition) is 2. The average Bonchev–Trinajstić information content (AvgIpc) is 2.36. The molecular formula is C16H24N2O. The molecule has 1 atom stereocenters. The van der Waals surface area contributed by atoms with Gasteiger partial charge in [-0.1, -0.05) is 6.92 Å². The summed E-state index contributed by atoms with van der Waals surface area (Å²) in [6.45, 7) is 2.00. The maximum absolute atomic E-state index is 11.8. The summed E-state index contributed by atoms with van der Waals surface area (Å²) in [7, 11) is 0. The molecule has 4 aliphatic rings. The lowest BCUT2D eigenvalue weighted by molar-refractivity contribution is -0.123. The summed E-state index contributed by atoms with van der Waals surface area (Å²) < 4.78 is 0. The smallest absolute Gasteiger partial charge is 0.221 e. The van der Waals surface area contributed by atoms with Crippen molar-refractivity contribution in [1.82, 2.24) is 5.32 Å². The number of hydrogen-bond donors (Lipinski definition) is 1. The second kappa shape index (κ2) is 5.15. The molecule has 0 saturated heterocycles. The van der Waals surface area contributed by atoms with E-state index in [1.165, 1.54) is 32.1 Å². The van der Waals surface area contributed by atoms with E-state index >= 15 is 0 Å². The van der Waals surface area contributed by atoms with Crippen molar-refractivity contribution in [1.29, 1.82) is 5.26 Å². The van der Waals surface area contributed by atoms with Gasteiger partial charge in [0.15, 0.2) is 0 Å². The van der Waals surface area contributed by atoms with E-state index in [2.05, 4.69) is 11.4 Å². The predicted molar refractivity (Wildman–Crippen MR) is 73.0 cm³/mol. The predicted octanol–water partition coefficient (Wildman–Crippen LogP) is 2.87. The number of rotatable bonds is 4. The molecule has 4 rings (SSSR count). The SMILES string of the molecule is CCCC(=O)NC(C#N)C1C2CC3CC(C2)CC1C3. The second-order valence-corrected chi connectivity index (χ2v) is 6.93. The van der Waals surface area contributed by atoms with Crippen molar-refractivity contribution in [3.8, 4) is 6.07 Å². The molecule has 0 heterocycles. The van der Waals surface area contributed by atoms with Crippen LogP contribution in [0.5, 0.6) is 0 Å². The van der Waals surface area contributed by atoms with Gasteiger partial charge in [0.05, 0.1) is 6.07 Å². The van der Waals surface area contributed by atoms with Crippen molar-refractivity contribution in [3.63, 3.8) is 0 Å². The fourth-order valence-corrected chi connectivity index (χ4v) is 5.20. The molecule has 1 amide bonds. The van der Waals surface area contributed by atoms with Crippen LogP contribution in [0.1, 0.15) is 51.9 Å². The summed E-state index contributed by atoms with van der Waals surface area (Å²) in [6, 6.07) is 2.15. The van der Waals surface area contributed by atoms with E-state index in [0.717, 1.165) is 18.3 Å². The fourth-order valence-electron chi connectivity index (χ4n) is 5.20. The van der Waals surface area contributed by atoms with Gasteiger partial charge in [0.2, 0.25) is 5.91 Å². The molecule has 0 radical (unpaired) electrons. The average molecular weight is 260 g/mol. The molecule has 3 nitrogen and oxygen atoms in total. The van der Waals surface area contributed by atoms with Crippen LogP contribution in [0.15, 0.2) is 0 Å². The number of amides is 1. The Morgan fingerprint density at radius 3 is 2.26 bits per heavy atom. The lowest BCUT2D eigenvalue weighted by atomic mass is 9.50. The van der Waals surface area contributed by atoms with Gasteiger partial charge in [0.25, 0.3) is 0 Å². The van der Waals surface area contributed by atoms with E-state index in [-0.39, 0.29) is 11.9 Å². The Balaban J connectivity index is 1.70. The van der Waals surface area contributed by atoms with Crippen LogP contribution in [-0.4, -0.2) is 11.9 Å². The van der Waals surface area contributed by atoms with Crippen LogP contribution < -0.4 is 5.32 Å². The Labute approximate surface area is 115 Å². The summed E-state index contributed by atoms with van der Waals surface area (Å²) in [5.41, 5.74) is 0. The highest BCUT2D eigenvalue weighted by atomic mass is 16.1. The molecule has 0 spiro atoms. The number of carbonyl (C=O) groups excluding carboxylic acids is 1. The molecular weight excluding hydrogens is 236 g/mol. The van der Waals surface area contributed by atoms with Gasteiger partial charge in [-0.05, 0) is 68.1 Å². The Bertz CT molecular complexity index is 370. The maximum atomic E-state index is 11.8. The molecule has 3 heteroatoms. The minimum absolute atomic E-state index is 0.0582. The minimum Gasteiger partial charge on any atom is -0.340 e. The van der Waals surface area contributed by atoms with Crippen molar-refractivity contribution in [2.75, 3.05) is 0 Å². The highest BCUT2D eigenvalue weighted by Gasteiger charge is 2.50. The Morgan fingerprint density at radius 1 is 1.21 bits per heavy atom. The molecule has 0 aliphatic heterocycles.